The van der Waals surface area contributed by atoms with Crippen molar-refractivity contribution in [1.82, 2.24) is 4.98 Å². The predicted octanol–water partition coefficient (Wildman–Crippen LogP) is 2.27. The van der Waals surface area contributed by atoms with Gasteiger partial charge in [0.1, 0.15) is 5.75 Å². The van der Waals surface area contributed by atoms with E-state index in [4.69, 9.17) is 5.73 Å². The number of pyridine rings is 1. The second-order valence-electron chi connectivity index (χ2n) is 4.53. The van der Waals surface area contributed by atoms with E-state index in [1.807, 2.05) is 30.5 Å². The maximum absolute atomic E-state index is 9.42. The Kier molecular flexibility index (Phi) is 2.34. The van der Waals surface area contributed by atoms with Gasteiger partial charge in [-0.2, -0.15) is 0 Å². The van der Waals surface area contributed by atoms with Crippen molar-refractivity contribution in [3.63, 3.8) is 0 Å². The summed E-state index contributed by atoms with van der Waals surface area (Å²) in [6, 6.07) is 11.5. The molecule has 1 fully saturated rings. The molecular weight excluding hydrogens is 212 g/mol. The molecule has 1 heterocycles. The molecule has 1 saturated carbocycles. The molecule has 1 aromatic carbocycles. The van der Waals surface area contributed by atoms with Gasteiger partial charge in [0, 0.05) is 29.4 Å². The maximum Gasteiger partial charge on any atom is 0.116 e. The third kappa shape index (κ3) is 2.01. The molecule has 17 heavy (non-hydrogen) atoms. The van der Waals surface area contributed by atoms with E-state index in [0.717, 1.165) is 23.2 Å². The van der Waals surface area contributed by atoms with Crippen LogP contribution in [0.4, 0.5) is 0 Å². The molecule has 1 aliphatic carbocycles. The summed E-state index contributed by atoms with van der Waals surface area (Å²) in [5, 5.41) is 9.42. The molecule has 1 aliphatic rings. The van der Waals surface area contributed by atoms with Gasteiger partial charge in [0.15, 0.2) is 0 Å². The molecule has 3 heteroatoms. The Hall–Kier alpha value is -1.87. The van der Waals surface area contributed by atoms with Crippen LogP contribution in [0, 0.1) is 0 Å². The number of aromatic hydroxyl groups is 1. The van der Waals surface area contributed by atoms with Crippen LogP contribution in [0.15, 0.2) is 42.6 Å². The van der Waals surface area contributed by atoms with Crippen LogP contribution in [-0.2, 0) is 0 Å². The summed E-state index contributed by atoms with van der Waals surface area (Å²) in [4.78, 5) is 4.44. The number of benzene rings is 1. The first-order valence-electron chi connectivity index (χ1n) is 5.75. The fourth-order valence-electron chi connectivity index (χ4n) is 2.04. The second-order valence-corrected chi connectivity index (χ2v) is 4.53. The van der Waals surface area contributed by atoms with Crippen LogP contribution in [0.1, 0.15) is 18.0 Å². The van der Waals surface area contributed by atoms with Gasteiger partial charge in [-0.15, -0.1) is 0 Å². The van der Waals surface area contributed by atoms with Crippen LogP contribution in [0.2, 0.25) is 0 Å². The highest BCUT2D eigenvalue weighted by atomic mass is 16.3. The van der Waals surface area contributed by atoms with Crippen molar-refractivity contribution in [2.75, 3.05) is 0 Å². The Morgan fingerprint density at radius 3 is 2.59 bits per heavy atom. The minimum Gasteiger partial charge on any atom is -0.508 e. The van der Waals surface area contributed by atoms with Gasteiger partial charge in [0.2, 0.25) is 0 Å². The summed E-state index contributed by atoms with van der Waals surface area (Å²) in [7, 11) is 0. The van der Waals surface area contributed by atoms with E-state index in [9.17, 15) is 5.11 Å². The number of hydrogen-bond donors (Lipinski definition) is 2. The number of aromatic nitrogens is 1. The molecule has 0 amide bonds. The Balaban J connectivity index is 1.89. The lowest BCUT2D eigenvalue weighted by atomic mass is 10.1. The van der Waals surface area contributed by atoms with Crippen molar-refractivity contribution >= 4 is 0 Å². The number of nitrogens with two attached hydrogens (primary N) is 1. The first-order chi connectivity index (χ1) is 8.24. The van der Waals surface area contributed by atoms with E-state index in [1.165, 1.54) is 0 Å². The molecular formula is C14H14N2O. The molecule has 2 atom stereocenters. The molecule has 0 bridgehead atoms. The zero-order chi connectivity index (χ0) is 11.8. The molecule has 0 saturated heterocycles. The summed E-state index contributed by atoms with van der Waals surface area (Å²) >= 11 is 0. The van der Waals surface area contributed by atoms with Gasteiger partial charge >= 0.3 is 0 Å². The first kappa shape index (κ1) is 10.3. The van der Waals surface area contributed by atoms with Gasteiger partial charge in [-0.05, 0) is 30.2 Å². The van der Waals surface area contributed by atoms with Gasteiger partial charge < -0.3 is 10.8 Å². The Bertz CT molecular complexity index is 536. The van der Waals surface area contributed by atoms with Crippen LogP contribution in [0.5, 0.6) is 5.75 Å². The van der Waals surface area contributed by atoms with Gasteiger partial charge in [-0.3, -0.25) is 4.98 Å². The largest absolute Gasteiger partial charge is 0.508 e. The van der Waals surface area contributed by atoms with Crippen LogP contribution in [0.25, 0.3) is 11.1 Å². The third-order valence-electron chi connectivity index (χ3n) is 3.19. The van der Waals surface area contributed by atoms with Gasteiger partial charge in [0.05, 0.1) is 0 Å². The van der Waals surface area contributed by atoms with Crippen molar-refractivity contribution in [2.24, 2.45) is 5.73 Å². The number of phenolic OH excluding ortho intramolecular Hbond substituents is 1. The number of phenols is 1. The molecule has 2 aromatic rings. The highest BCUT2D eigenvalue weighted by molar-refractivity contribution is 5.64. The Morgan fingerprint density at radius 1 is 1.18 bits per heavy atom. The molecule has 0 unspecified atom stereocenters. The standard InChI is InChI=1S/C14H14N2O/c15-13-7-12(13)14-5-4-10(8-16-14)9-2-1-3-11(17)6-9/h1-6,8,12-13,17H,7,15H2/t12-,13+/m1/s1. The van der Waals surface area contributed by atoms with E-state index in [1.54, 1.807) is 12.1 Å². The van der Waals surface area contributed by atoms with Crippen LogP contribution >= 0.6 is 0 Å². The van der Waals surface area contributed by atoms with Crippen molar-refractivity contribution in [3.05, 3.63) is 48.3 Å². The lowest BCUT2D eigenvalue weighted by Crippen LogP contribution is -2.01. The zero-order valence-electron chi connectivity index (χ0n) is 9.38. The van der Waals surface area contributed by atoms with Gasteiger partial charge in [-0.1, -0.05) is 18.2 Å². The average Bonchev–Trinajstić information content (AvgIpc) is 3.07. The normalized spacial score (nSPS) is 22.4. The SMILES string of the molecule is N[C@H]1C[C@H]1c1ccc(-c2cccc(O)c2)cn1. The molecule has 86 valence electrons. The lowest BCUT2D eigenvalue weighted by molar-refractivity contribution is 0.475. The fourth-order valence-corrected chi connectivity index (χ4v) is 2.04. The minimum atomic E-state index is 0.274. The van der Waals surface area contributed by atoms with E-state index in [2.05, 4.69) is 4.98 Å². The first-order valence-corrected chi connectivity index (χ1v) is 5.75. The summed E-state index contributed by atoms with van der Waals surface area (Å²) in [6.07, 6.45) is 2.88. The number of rotatable bonds is 2. The maximum atomic E-state index is 9.42. The van der Waals surface area contributed by atoms with E-state index in [0.29, 0.717) is 5.92 Å². The quantitative estimate of drug-likeness (QED) is 0.825. The molecule has 3 nitrogen and oxygen atoms in total. The summed E-state index contributed by atoms with van der Waals surface area (Å²) in [6.45, 7) is 0. The lowest BCUT2D eigenvalue weighted by Gasteiger charge is -2.03. The Labute approximate surface area is 99.9 Å². The Morgan fingerprint density at radius 2 is 2.00 bits per heavy atom. The van der Waals surface area contributed by atoms with Crippen LogP contribution in [0.3, 0.4) is 0 Å². The molecule has 0 aliphatic heterocycles. The average molecular weight is 226 g/mol. The fraction of sp³-hybridized carbons (Fsp3) is 0.214. The monoisotopic (exact) mass is 226 g/mol. The highest BCUT2D eigenvalue weighted by Gasteiger charge is 2.35. The topological polar surface area (TPSA) is 59.1 Å². The van der Waals surface area contributed by atoms with Gasteiger partial charge in [0.25, 0.3) is 0 Å². The van der Waals surface area contributed by atoms with Crippen LogP contribution < -0.4 is 5.73 Å². The van der Waals surface area contributed by atoms with E-state index >= 15 is 0 Å². The molecule has 3 rings (SSSR count). The summed E-state index contributed by atoms with van der Waals surface area (Å²) in [5.74, 6) is 0.712. The highest BCUT2D eigenvalue weighted by Crippen LogP contribution is 2.38. The molecule has 0 spiro atoms. The van der Waals surface area contributed by atoms with Crippen molar-refractivity contribution in [3.8, 4) is 16.9 Å². The van der Waals surface area contributed by atoms with Gasteiger partial charge in [-0.25, -0.2) is 0 Å². The smallest absolute Gasteiger partial charge is 0.116 e. The van der Waals surface area contributed by atoms with E-state index in [-0.39, 0.29) is 11.8 Å². The zero-order valence-corrected chi connectivity index (χ0v) is 9.38. The van der Waals surface area contributed by atoms with E-state index < -0.39 is 0 Å². The molecule has 3 N–H and O–H groups in total. The third-order valence-corrected chi connectivity index (χ3v) is 3.19. The molecule has 1 aromatic heterocycles. The number of hydrogen-bond acceptors (Lipinski definition) is 3. The minimum absolute atomic E-state index is 0.274. The second kappa shape index (κ2) is 3.86. The summed E-state index contributed by atoms with van der Waals surface area (Å²) in [5.41, 5.74) is 8.85. The predicted molar refractivity (Wildman–Crippen MR) is 66.7 cm³/mol. The van der Waals surface area contributed by atoms with Crippen molar-refractivity contribution < 1.29 is 5.11 Å². The van der Waals surface area contributed by atoms with Crippen molar-refractivity contribution in [1.29, 1.82) is 0 Å². The summed E-state index contributed by atoms with van der Waals surface area (Å²) < 4.78 is 0. The molecule has 0 radical (unpaired) electrons. The van der Waals surface area contributed by atoms with Crippen molar-refractivity contribution in [2.45, 2.75) is 18.4 Å². The number of nitrogens with zero attached hydrogens (tertiary/aromatic N) is 1. The van der Waals surface area contributed by atoms with Crippen LogP contribution in [-0.4, -0.2) is 16.1 Å².